The molecule has 0 aliphatic heterocycles. The Balaban J connectivity index is 0.000000158. The quantitative estimate of drug-likeness (QED) is 0.279. The van der Waals surface area contributed by atoms with Gasteiger partial charge in [-0.3, -0.25) is 0 Å². The Bertz CT molecular complexity index is 1380. The van der Waals surface area contributed by atoms with Gasteiger partial charge in [-0.05, 0) is 87.1 Å². The molecule has 0 amide bonds. The summed E-state index contributed by atoms with van der Waals surface area (Å²) in [7, 11) is 9.98. The summed E-state index contributed by atoms with van der Waals surface area (Å²) in [5.74, 6) is 0. The van der Waals surface area contributed by atoms with Gasteiger partial charge in [0.15, 0.2) is 0 Å². The van der Waals surface area contributed by atoms with Gasteiger partial charge in [0.1, 0.15) is 10.0 Å². The van der Waals surface area contributed by atoms with Crippen LogP contribution in [0.1, 0.15) is 59.0 Å². The maximum atomic E-state index is 10.0. The van der Waals surface area contributed by atoms with Gasteiger partial charge in [0, 0.05) is 57.8 Å². The number of anilines is 2. The molecule has 2 aliphatic rings. The summed E-state index contributed by atoms with van der Waals surface area (Å²) >= 11 is 3.42. The summed E-state index contributed by atoms with van der Waals surface area (Å²) in [6.07, 6.45) is 6.21. The van der Waals surface area contributed by atoms with Crippen molar-refractivity contribution in [2.75, 3.05) is 45.1 Å². The molecule has 6 rings (SSSR count). The number of fused-ring (bicyclic) bond motifs is 2. The molecular formula is C31H38N4O2S2. The second-order valence-electron chi connectivity index (χ2n) is 10.6. The van der Waals surface area contributed by atoms with Crippen molar-refractivity contribution in [2.45, 2.75) is 50.7 Å². The van der Waals surface area contributed by atoms with Gasteiger partial charge in [-0.15, -0.1) is 22.7 Å². The lowest BCUT2D eigenvalue weighted by atomic mass is 10.0. The first-order valence-corrected chi connectivity index (χ1v) is 15.2. The standard InChI is InChI=1S/C16H20N2OS.C15H18N2OS/c1-18(2)12-9-7-11(8-10-12)16-17-13-5-4-6-14(19-3)15(13)20-16;1-17(2)11-8-6-10(7-9-11)15-16-12-4-3-5-13(18)14(12)19-15/h7-10,14H,4-6H2,1-3H3;6-9,13,18H,3-5H2,1-2H3/t14-;13-/m11/s1. The van der Waals surface area contributed by atoms with Gasteiger partial charge < -0.3 is 19.6 Å². The first kappa shape index (κ1) is 27.8. The van der Waals surface area contributed by atoms with Crippen LogP contribution in [0.5, 0.6) is 0 Å². The van der Waals surface area contributed by atoms with E-state index in [0.29, 0.717) is 0 Å². The fraction of sp³-hybridized carbons (Fsp3) is 0.419. The Morgan fingerprint density at radius 2 is 1.18 bits per heavy atom. The summed E-state index contributed by atoms with van der Waals surface area (Å²) in [5, 5.41) is 12.1. The van der Waals surface area contributed by atoms with Gasteiger partial charge in [0.25, 0.3) is 0 Å². The zero-order chi connectivity index (χ0) is 27.5. The molecule has 0 fully saturated rings. The van der Waals surface area contributed by atoms with Crippen LogP contribution in [0.2, 0.25) is 0 Å². The number of nitrogens with zero attached hydrogens (tertiary/aromatic N) is 4. The normalized spacial score (nSPS) is 18.0. The third kappa shape index (κ3) is 6.19. The van der Waals surface area contributed by atoms with E-state index >= 15 is 0 Å². The zero-order valence-corrected chi connectivity index (χ0v) is 25.1. The molecule has 0 unspecified atom stereocenters. The molecule has 0 radical (unpaired) electrons. The van der Waals surface area contributed by atoms with Crippen molar-refractivity contribution < 1.29 is 9.84 Å². The van der Waals surface area contributed by atoms with Crippen LogP contribution in [-0.4, -0.2) is 50.4 Å². The third-order valence-electron chi connectivity index (χ3n) is 7.37. The van der Waals surface area contributed by atoms with Crippen LogP contribution in [0, 0.1) is 0 Å². The minimum absolute atomic E-state index is 0.242. The molecule has 1 N–H and O–H groups in total. The number of ether oxygens (including phenoxy) is 1. The largest absolute Gasteiger partial charge is 0.388 e. The maximum absolute atomic E-state index is 10.0. The molecule has 39 heavy (non-hydrogen) atoms. The van der Waals surface area contributed by atoms with Gasteiger partial charge in [0.05, 0.1) is 33.4 Å². The molecular weight excluding hydrogens is 525 g/mol. The SMILES string of the molecule is CN(C)c1ccc(-c2nc3c(s2)[C@H](O)CCC3)cc1.CO[C@@H]1CCCc2nc(-c3ccc(N(C)C)cc3)sc21. The fourth-order valence-electron chi connectivity index (χ4n) is 5.05. The third-order valence-corrected chi connectivity index (χ3v) is 9.85. The van der Waals surface area contributed by atoms with E-state index in [1.807, 2.05) is 14.1 Å². The highest BCUT2D eigenvalue weighted by Crippen LogP contribution is 2.40. The van der Waals surface area contributed by atoms with Crippen LogP contribution in [0.4, 0.5) is 11.4 Å². The molecule has 0 spiro atoms. The van der Waals surface area contributed by atoms with Gasteiger partial charge >= 0.3 is 0 Å². The van der Waals surface area contributed by atoms with Gasteiger partial charge in [0.2, 0.25) is 0 Å². The van der Waals surface area contributed by atoms with Crippen molar-refractivity contribution in [3.8, 4) is 21.1 Å². The molecule has 0 bridgehead atoms. The second kappa shape index (κ2) is 12.2. The Labute approximate surface area is 239 Å². The molecule has 4 aromatic rings. The minimum atomic E-state index is -0.309. The van der Waals surface area contributed by atoms with Crippen molar-refractivity contribution in [2.24, 2.45) is 0 Å². The van der Waals surface area contributed by atoms with E-state index in [0.717, 1.165) is 58.3 Å². The van der Waals surface area contributed by atoms with E-state index < -0.39 is 0 Å². The number of aryl methyl sites for hydroxylation is 2. The van der Waals surface area contributed by atoms with E-state index in [9.17, 15) is 5.11 Å². The summed E-state index contributed by atoms with van der Waals surface area (Å²) in [6.45, 7) is 0. The Morgan fingerprint density at radius 1 is 0.718 bits per heavy atom. The van der Waals surface area contributed by atoms with E-state index in [-0.39, 0.29) is 12.2 Å². The van der Waals surface area contributed by atoms with Crippen LogP contribution in [0.3, 0.4) is 0 Å². The molecule has 0 saturated heterocycles. The van der Waals surface area contributed by atoms with Crippen LogP contribution < -0.4 is 9.80 Å². The number of benzene rings is 2. The second-order valence-corrected chi connectivity index (χ2v) is 12.6. The maximum Gasteiger partial charge on any atom is 0.123 e. The zero-order valence-electron chi connectivity index (χ0n) is 23.5. The number of rotatable bonds is 5. The topological polar surface area (TPSA) is 61.7 Å². The van der Waals surface area contributed by atoms with E-state index in [2.05, 4.69) is 72.4 Å². The molecule has 2 aromatic carbocycles. The number of thiazole rings is 2. The first-order chi connectivity index (χ1) is 18.8. The van der Waals surface area contributed by atoms with Gasteiger partial charge in [-0.2, -0.15) is 0 Å². The van der Waals surface area contributed by atoms with E-state index in [1.165, 1.54) is 33.9 Å². The lowest BCUT2D eigenvalue weighted by Crippen LogP contribution is -2.08. The van der Waals surface area contributed by atoms with Crippen molar-refractivity contribution in [1.82, 2.24) is 9.97 Å². The number of methoxy groups -OCH3 is 1. The van der Waals surface area contributed by atoms with Crippen molar-refractivity contribution in [1.29, 1.82) is 0 Å². The Hall–Kier alpha value is -2.78. The van der Waals surface area contributed by atoms with Crippen molar-refractivity contribution in [3.63, 3.8) is 0 Å². The fourth-order valence-corrected chi connectivity index (χ4v) is 7.42. The van der Waals surface area contributed by atoms with E-state index in [1.54, 1.807) is 29.8 Å². The molecule has 2 aromatic heterocycles. The van der Waals surface area contributed by atoms with Crippen LogP contribution in [0.15, 0.2) is 48.5 Å². The molecule has 6 nitrogen and oxygen atoms in total. The molecule has 2 aliphatic carbocycles. The first-order valence-electron chi connectivity index (χ1n) is 13.6. The van der Waals surface area contributed by atoms with Crippen molar-refractivity contribution >= 4 is 34.0 Å². The lowest BCUT2D eigenvalue weighted by Gasteiger charge is -2.19. The minimum Gasteiger partial charge on any atom is -0.388 e. The van der Waals surface area contributed by atoms with E-state index in [4.69, 9.17) is 14.7 Å². The smallest absolute Gasteiger partial charge is 0.123 e. The van der Waals surface area contributed by atoms with Gasteiger partial charge in [-0.25, -0.2) is 9.97 Å². The number of aromatic nitrogens is 2. The monoisotopic (exact) mass is 562 g/mol. The number of aliphatic hydroxyl groups excluding tert-OH is 1. The molecule has 0 saturated carbocycles. The Kier molecular flexibility index (Phi) is 8.67. The molecule has 206 valence electrons. The highest BCUT2D eigenvalue weighted by Gasteiger charge is 2.25. The molecule has 2 atom stereocenters. The summed E-state index contributed by atoms with van der Waals surface area (Å²) in [4.78, 5) is 16.1. The highest BCUT2D eigenvalue weighted by molar-refractivity contribution is 7.15. The molecule has 8 heteroatoms. The highest BCUT2D eigenvalue weighted by atomic mass is 32.1. The molecule has 2 heterocycles. The van der Waals surface area contributed by atoms with Crippen molar-refractivity contribution in [3.05, 3.63) is 69.7 Å². The van der Waals surface area contributed by atoms with Crippen LogP contribution >= 0.6 is 22.7 Å². The van der Waals surface area contributed by atoms with Crippen LogP contribution in [0.25, 0.3) is 21.1 Å². The predicted octanol–water partition coefficient (Wildman–Crippen LogP) is 7.15. The predicted molar refractivity (Wildman–Crippen MR) is 164 cm³/mol. The summed E-state index contributed by atoms with van der Waals surface area (Å²) in [5.41, 5.74) is 7.06. The number of hydrogen-bond acceptors (Lipinski definition) is 8. The number of hydrogen-bond donors (Lipinski definition) is 1. The lowest BCUT2D eigenvalue weighted by molar-refractivity contribution is 0.0908. The summed E-state index contributed by atoms with van der Waals surface area (Å²) < 4.78 is 5.58. The average Bonchev–Trinajstić information content (AvgIpc) is 3.59. The summed E-state index contributed by atoms with van der Waals surface area (Å²) in [6, 6.07) is 17.0. The Morgan fingerprint density at radius 3 is 1.64 bits per heavy atom. The average molecular weight is 563 g/mol. The van der Waals surface area contributed by atoms with Gasteiger partial charge in [-0.1, -0.05) is 0 Å². The number of aliphatic hydroxyl groups is 1. The van der Waals surface area contributed by atoms with Crippen LogP contribution in [-0.2, 0) is 17.6 Å².